The first kappa shape index (κ1) is 23.6. The van der Waals surface area contributed by atoms with Crippen LogP contribution < -0.4 is 21.5 Å². The first-order valence-corrected chi connectivity index (χ1v) is 10.4. The van der Waals surface area contributed by atoms with Crippen LogP contribution in [0.1, 0.15) is 48.1 Å². The average molecular weight is 406 g/mol. The van der Waals surface area contributed by atoms with Gasteiger partial charge in [0.15, 0.2) is 0 Å². The largest absolute Gasteiger partial charge is 0.497 e. The molecule has 3 atom stereocenters. The van der Waals surface area contributed by atoms with Gasteiger partial charge in [-0.2, -0.15) is 0 Å². The zero-order chi connectivity index (χ0) is 21.9. The van der Waals surface area contributed by atoms with Crippen LogP contribution in [0.5, 0.6) is 5.75 Å². The van der Waals surface area contributed by atoms with Crippen molar-refractivity contribution in [2.45, 2.75) is 38.4 Å². The number of nitrogens with two attached hydrogens (primary N) is 2. The standard InChI is InChI=1S/C25H30N2O.CH5N/c1-18(26)25(21-8-5-4-6-9-21)22-14-12-20(13-15-22)17-27-19(2)23-10-7-11-24(16-23)28-3;1-2/h4-16,18-19,25,27H,17,26H2,1-3H3;2H2,1H3/t18?,19-,25?;/m1./s1. The van der Waals surface area contributed by atoms with Crippen LogP contribution >= 0.6 is 0 Å². The lowest BCUT2D eigenvalue weighted by Gasteiger charge is -2.22. The Labute approximate surface area is 181 Å². The number of benzene rings is 3. The second-order valence-corrected chi connectivity index (χ2v) is 7.37. The van der Waals surface area contributed by atoms with Crippen molar-refractivity contribution in [3.8, 4) is 5.75 Å². The van der Waals surface area contributed by atoms with E-state index in [0.717, 1.165) is 12.3 Å². The predicted octanol–water partition coefficient (Wildman–Crippen LogP) is 4.60. The van der Waals surface area contributed by atoms with Crippen LogP contribution in [0, 0.1) is 0 Å². The zero-order valence-corrected chi connectivity index (χ0v) is 18.5. The molecule has 0 bridgehead atoms. The summed E-state index contributed by atoms with van der Waals surface area (Å²) in [6, 6.07) is 27.8. The Kier molecular flexibility index (Phi) is 9.55. The van der Waals surface area contributed by atoms with Crippen LogP contribution in [0.25, 0.3) is 0 Å². The lowest BCUT2D eigenvalue weighted by Crippen LogP contribution is -2.25. The third kappa shape index (κ3) is 6.42. The first-order valence-electron chi connectivity index (χ1n) is 10.4. The van der Waals surface area contributed by atoms with Crippen molar-refractivity contribution >= 4 is 0 Å². The molecule has 5 N–H and O–H groups in total. The highest BCUT2D eigenvalue weighted by molar-refractivity contribution is 5.36. The Morgan fingerprint density at radius 3 is 2.00 bits per heavy atom. The van der Waals surface area contributed by atoms with Crippen molar-refractivity contribution in [1.82, 2.24) is 5.32 Å². The van der Waals surface area contributed by atoms with Gasteiger partial charge in [-0.05, 0) is 55.3 Å². The fraction of sp³-hybridized carbons (Fsp3) is 0.308. The minimum atomic E-state index is 0.0551. The summed E-state index contributed by atoms with van der Waals surface area (Å²) in [5, 5.41) is 3.59. The molecule has 0 aromatic heterocycles. The van der Waals surface area contributed by atoms with E-state index in [1.54, 1.807) is 7.11 Å². The molecule has 2 unspecified atom stereocenters. The van der Waals surface area contributed by atoms with Gasteiger partial charge in [-0.3, -0.25) is 0 Å². The zero-order valence-electron chi connectivity index (χ0n) is 18.5. The lowest BCUT2D eigenvalue weighted by molar-refractivity contribution is 0.413. The number of ether oxygens (including phenoxy) is 1. The third-order valence-electron chi connectivity index (χ3n) is 5.23. The van der Waals surface area contributed by atoms with E-state index in [1.807, 2.05) is 18.2 Å². The van der Waals surface area contributed by atoms with Crippen molar-refractivity contribution in [1.29, 1.82) is 0 Å². The van der Waals surface area contributed by atoms with Crippen LogP contribution in [0.4, 0.5) is 0 Å². The van der Waals surface area contributed by atoms with E-state index in [1.165, 1.54) is 29.3 Å². The van der Waals surface area contributed by atoms with Gasteiger partial charge >= 0.3 is 0 Å². The molecule has 0 saturated heterocycles. The summed E-state index contributed by atoms with van der Waals surface area (Å²) in [5.74, 6) is 1.09. The van der Waals surface area contributed by atoms with Crippen LogP contribution in [0.15, 0.2) is 78.9 Å². The molecule has 0 amide bonds. The Bertz CT molecular complexity index is 863. The molecule has 0 aliphatic heterocycles. The lowest BCUT2D eigenvalue weighted by atomic mass is 9.86. The molecule has 0 saturated carbocycles. The van der Waals surface area contributed by atoms with Crippen LogP contribution in [-0.2, 0) is 6.54 Å². The molecule has 4 nitrogen and oxygen atoms in total. The van der Waals surface area contributed by atoms with Gasteiger partial charge in [0, 0.05) is 24.5 Å². The van der Waals surface area contributed by atoms with E-state index < -0.39 is 0 Å². The minimum Gasteiger partial charge on any atom is -0.497 e. The number of rotatable bonds is 8. The summed E-state index contributed by atoms with van der Waals surface area (Å²) in [7, 11) is 3.20. The van der Waals surface area contributed by atoms with Crippen molar-refractivity contribution in [2.75, 3.05) is 14.2 Å². The van der Waals surface area contributed by atoms with Gasteiger partial charge in [-0.25, -0.2) is 0 Å². The van der Waals surface area contributed by atoms with E-state index in [4.69, 9.17) is 10.5 Å². The van der Waals surface area contributed by atoms with Gasteiger partial charge in [0.2, 0.25) is 0 Å². The summed E-state index contributed by atoms with van der Waals surface area (Å²) in [6.07, 6.45) is 0. The highest BCUT2D eigenvalue weighted by Gasteiger charge is 2.18. The smallest absolute Gasteiger partial charge is 0.119 e. The fourth-order valence-corrected chi connectivity index (χ4v) is 3.60. The maximum absolute atomic E-state index is 6.30. The summed E-state index contributed by atoms with van der Waals surface area (Å²) in [5.41, 5.74) is 15.8. The van der Waals surface area contributed by atoms with Gasteiger partial charge in [0.25, 0.3) is 0 Å². The molecule has 3 aromatic carbocycles. The van der Waals surface area contributed by atoms with E-state index in [9.17, 15) is 0 Å². The quantitative estimate of drug-likeness (QED) is 0.512. The van der Waals surface area contributed by atoms with E-state index in [-0.39, 0.29) is 18.0 Å². The molecule has 4 heteroatoms. The monoisotopic (exact) mass is 405 g/mol. The van der Waals surface area contributed by atoms with Crippen molar-refractivity contribution in [3.05, 3.63) is 101 Å². The van der Waals surface area contributed by atoms with Gasteiger partial charge in [-0.15, -0.1) is 0 Å². The predicted molar refractivity (Wildman–Crippen MR) is 127 cm³/mol. The summed E-state index contributed by atoms with van der Waals surface area (Å²) >= 11 is 0. The maximum atomic E-state index is 6.30. The van der Waals surface area contributed by atoms with Crippen molar-refractivity contribution in [3.63, 3.8) is 0 Å². The molecule has 0 spiro atoms. The van der Waals surface area contributed by atoms with E-state index in [2.05, 4.69) is 85.6 Å². The first-order chi connectivity index (χ1) is 14.6. The molecule has 3 aromatic rings. The topological polar surface area (TPSA) is 73.3 Å². The van der Waals surface area contributed by atoms with Crippen molar-refractivity contribution in [2.24, 2.45) is 11.5 Å². The molecule has 0 fully saturated rings. The molecular weight excluding hydrogens is 370 g/mol. The van der Waals surface area contributed by atoms with Gasteiger partial charge in [0.1, 0.15) is 5.75 Å². The van der Waals surface area contributed by atoms with Crippen LogP contribution in [0.2, 0.25) is 0 Å². The molecular formula is C26H35N3O. The number of methoxy groups -OCH3 is 1. The molecule has 30 heavy (non-hydrogen) atoms. The molecule has 0 aliphatic carbocycles. The normalized spacial score (nSPS) is 13.5. The second-order valence-electron chi connectivity index (χ2n) is 7.37. The Morgan fingerprint density at radius 1 is 0.800 bits per heavy atom. The van der Waals surface area contributed by atoms with Gasteiger partial charge in [0.05, 0.1) is 7.11 Å². The molecule has 0 heterocycles. The van der Waals surface area contributed by atoms with E-state index in [0.29, 0.717) is 0 Å². The summed E-state index contributed by atoms with van der Waals surface area (Å²) in [4.78, 5) is 0. The average Bonchev–Trinajstić information content (AvgIpc) is 2.80. The highest BCUT2D eigenvalue weighted by atomic mass is 16.5. The van der Waals surface area contributed by atoms with E-state index >= 15 is 0 Å². The summed E-state index contributed by atoms with van der Waals surface area (Å²) in [6.45, 7) is 5.06. The Hall–Kier alpha value is -2.66. The van der Waals surface area contributed by atoms with Gasteiger partial charge < -0.3 is 21.5 Å². The van der Waals surface area contributed by atoms with Gasteiger partial charge in [-0.1, -0.05) is 66.7 Å². The molecule has 0 aliphatic rings. The number of hydrogen-bond donors (Lipinski definition) is 3. The fourth-order valence-electron chi connectivity index (χ4n) is 3.60. The molecule has 0 radical (unpaired) electrons. The van der Waals surface area contributed by atoms with Crippen LogP contribution in [-0.4, -0.2) is 20.2 Å². The molecule has 160 valence electrons. The number of nitrogens with one attached hydrogen (secondary N) is 1. The highest BCUT2D eigenvalue weighted by Crippen LogP contribution is 2.27. The summed E-state index contributed by atoms with van der Waals surface area (Å²) < 4.78 is 5.32. The Morgan fingerprint density at radius 2 is 1.40 bits per heavy atom. The maximum Gasteiger partial charge on any atom is 0.119 e. The minimum absolute atomic E-state index is 0.0551. The van der Waals surface area contributed by atoms with Crippen LogP contribution in [0.3, 0.4) is 0 Å². The second kappa shape index (κ2) is 12.1. The van der Waals surface area contributed by atoms with Crippen molar-refractivity contribution < 1.29 is 4.74 Å². The number of hydrogen-bond acceptors (Lipinski definition) is 4. The third-order valence-corrected chi connectivity index (χ3v) is 5.23. The molecule has 3 rings (SSSR count). The SMILES string of the molecule is CN.COc1cccc([C@@H](C)NCc2ccc(C(c3ccccc3)C(C)N)cc2)c1. The Balaban J connectivity index is 0.00000155.